The number of rotatable bonds is 5. The Kier molecular flexibility index (Phi) is 3.91. The van der Waals surface area contributed by atoms with Crippen molar-refractivity contribution < 1.29 is 14.7 Å². The van der Waals surface area contributed by atoms with Crippen molar-refractivity contribution in [3.05, 3.63) is 35.4 Å². The number of amides is 1. The number of nitrogens with zero attached hydrogens (tertiary/aromatic N) is 1. The molecule has 96 valence electrons. The zero-order valence-electron chi connectivity index (χ0n) is 10.1. The van der Waals surface area contributed by atoms with Crippen LogP contribution in [0, 0.1) is 0 Å². The summed E-state index contributed by atoms with van der Waals surface area (Å²) in [4.78, 5) is 24.9. The maximum absolute atomic E-state index is 12.2. The van der Waals surface area contributed by atoms with E-state index in [0.29, 0.717) is 18.5 Å². The SMILES string of the molecule is CSCC[C@H](C(=O)O)N1Cc2ccccc2C1=O. The molecule has 0 aromatic heterocycles. The molecule has 0 fully saturated rings. The molecule has 1 atom stereocenters. The van der Waals surface area contributed by atoms with Gasteiger partial charge in [0.05, 0.1) is 0 Å². The van der Waals surface area contributed by atoms with Gasteiger partial charge in [-0.3, -0.25) is 4.79 Å². The van der Waals surface area contributed by atoms with E-state index in [1.165, 1.54) is 4.90 Å². The Bertz CT molecular complexity index is 475. The van der Waals surface area contributed by atoms with E-state index in [-0.39, 0.29) is 5.91 Å². The summed E-state index contributed by atoms with van der Waals surface area (Å²) in [5, 5.41) is 9.25. The zero-order chi connectivity index (χ0) is 13.1. The fourth-order valence-corrected chi connectivity index (χ4v) is 2.63. The summed E-state index contributed by atoms with van der Waals surface area (Å²) in [6.45, 7) is 0.403. The number of fused-ring (bicyclic) bond motifs is 1. The van der Waals surface area contributed by atoms with Gasteiger partial charge in [-0.2, -0.15) is 11.8 Å². The van der Waals surface area contributed by atoms with Crippen LogP contribution in [0.2, 0.25) is 0 Å². The molecule has 0 unspecified atom stereocenters. The van der Waals surface area contributed by atoms with Gasteiger partial charge in [0.15, 0.2) is 0 Å². The lowest BCUT2D eigenvalue weighted by Crippen LogP contribution is -2.41. The highest BCUT2D eigenvalue weighted by molar-refractivity contribution is 7.98. The van der Waals surface area contributed by atoms with Crippen molar-refractivity contribution in [2.24, 2.45) is 0 Å². The van der Waals surface area contributed by atoms with Crippen molar-refractivity contribution >= 4 is 23.6 Å². The highest BCUT2D eigenvalue weighted by atomic mass is 32.2. The minimum atomic E-state index is -0.926. The Morgan fingerprint density at radius 3 is 2.83 bits per heavy atom. The first-order valence-corrected chi connectivity index (χ1v) is 7.15. The van der Waals surface area contributed by atoms with Crippen molar-refractivity contribution in [2.45, 2.75) is 19.0 Å². The van der Waals surface area contributed by atoms with E-state index in [4.69, 9.17) is 0 Å². The molecule has 1 aliphatic rings. The van der Waals surface area contributed by atoms with Crippen LogP contribution in [0.3, 0.4) is 0 Å². The van der Waals surface area contributed by atoms with E-state index >= 15 is 0 Å². The number of carbonyl (C=O) groups excluding carboxylic acids is 1. The average molecular weight is 265 g/mol. The Labute approximate surface area is 110 Å². The first kappa shape index (κ1) is 13.0. The molecule has 18 heavy (non-hydrogen) atoms. The van der Waals surface area contributed by atoms with E-state index in [2.05, 4.69) is 0 Å². The number of carbonyl (C=O) groups is 2. The number of hydrogen-bond donors (Lipinski definition) is 1. The molecule has 1 amide bonds. The molecule has 1 aromatic rings. The quantitative estimate of drug-likeness (QED) is 0.882. The van der Waals surface area contributed by atoms with Gasteiger partial charge in [-0.15, -0.1) is 0 Å². The maximum Gasteiger partial charge on any atom is 0.326 e. The zero-order valence-corrected chi connectivity index (χ0v) is 10.9. The molecular formula is C13H15NO3S. The molecule has 4 nitrogen and oxygen atoms in total. The summed E-state index contributed by atoms with van der Waals surface area (Å²) in [5.41, 5.74) is 1.55. The van der Waals surface area contributed by atoms with Gasteiger partial charge in [-0.1, -0.05) is 18.2 Å². The lowest BCUT2D eigenvalue weighted by atomic mass is 10.1. The topological polar surface area (TPSA) is 57.6 Å². The fourth-order valence-electron chi connectivity index (χ4n) is 2.17. The predicted molar refractivity (Wildman–Crippen MR) is 70.7 cm³/mol. The van der Waals surface area contributed by atoms with E-state index in [1.807, 2.05) is 18.4 Å². The van der Waals surface area contributed by atoms with Gasteiger partial charge in [-0.05, 0) is 30.1 Å². The van der Waals surface area contributed by atoms with E-state index in [1.54, 1.807) is 23.9 Å². The Morgan fingerprint density at radius 1 is 1.50 bits per heavy atom. The molecule has 0 saturated carbocycles. The normalized spacial score (nSPS) is 15.6. The summed E-state index contributed by atoms with van der Waals surface area (Å²) in [6, 6.07) is 6.58. The highest BCUT2D eigenvalue weighted by Gasteiger charge is 2.35. The number of aliphatic carboxylic acids is 1. The second-order valence-electron chi connectivity index (χ2n) is 4.23. The third kappa shape index (κ3) is 2.36. The van der Waals surface area contributed by atoms with Crippen LogP contribution in [0.4, 0.5) is 0 Å². The summed E-state index contributed by atoms with van der Waals surface area (Å²) in [6.07, 6.45) is 2.41. The molecule has 0 radical (unpaired) electrons. The van der Waals surface area contributed by atoms with Crippen molar-refractivity contribution in [1.82, 2.24) is 4.90 Å². The molecule has 0 spiro atoms. The largest absolute Gasteiger partial charge is 0.480 e. The third-order valence-electron chi connectivity index (χ3n) is 3.11. The summed E-state index contributed by atoms with van der Waals surface area (Å²) >= 11 is 1.59. The Balaban J connectivity index is 2.20. The first-order valence-electron chi connectivity index (χ1n) is 5.75. The monoisotopic (exact) mass is 265 g/mol. The highest BCUT2D eigenvalue weighted by Crippen LogP contribution is 2.25. The molecule has 1 N–H and O–H groups in total. The van der Waals surface area contributed by atoms with Crippen molar-refractivity contribution in [3.63, 3.8) is 0 Å². The van der Waals surface area contributed by atoms with E-state index in [0.717, 1.165) is 11.3 Å². The minimum absolute atomic E-state index is 0.167. The van der Waals surface area contributed by atoms with Gasteiger partial charge in [0.1, 0.15) is 6.04 Å². The summed E-state index contributed by atoms with van der Waals surface area (Å²) in [7, 11) is 0. The lowest BCUT2D eigenvalue weighted by molar-refractivity contribution is -0.142. The lowest BCUT2D eigenvalue weighted by Gasteiger charge is -2.23. The maximum atomic E-state index is 12.2. The van der Waals surface area contributed by atoms with Crippen LogP contribution in [0.1, 0.15) is 22.3 Å². The van der Waals surface area contributed by atoms with Crippen LogP contribution in [0.15, 0.2) is 24.3 Å². The predicted octanol–water partition coefficient (Wildman–Crippen LogP) is 1.85. The van der Waals surface area contributed by atoms with Crippen LogP contribution in [0.25, 0.3) is 0 Å². The first-order chi connectivity index (χ1) is 8.65. The Morgan fingerprint density at radius 2 is 2.22 bits per heavy atom. The second kappa shape index (κ2) is 5.44. The molecule has 1 aliphatic heterocycles. The van der Waals surface area contributed by atoms with Gasteiger partial charge in [0, 0.05) is 12.1 Å². The van der Waals surface area contributed by atoms with Crippen LogP contribution in [0.5, 0.6) is 0 Å². The smallest absolute Gasteiger partial charge is 0.326 e. The van der Waals surface area contributed by atoms with Crippen LogP contribution >= 0.6 is 11.8 Å². The number of carboxylic acids is 1. The average Bonchev–Trinajstić information content (AvgIpc) is 2.68. The molecular weight excluding hydrogens is 250 g/mol. The number of thioether (sulfide) groups is 1. The van der Waals surface area contributed by atoms with Gasteiger partial charge in [-0.25, -0.2) is 4.79 Å². The molecule has 1 aromatic carbocycles. The number of carboxylic acid groups (broad SMARTS) is 1. The molecule has 5 heteroatoms. The number of benzene rings is 1. The van der Waals surface area contributed by atoms with Crippen molar-refractivity contribution in [3.8, 4) is 0 Å². The van der Waals surface area contributed by atoms with Gasteiger partial charge in [0.2, 0.25) is 0 Å². The number of hydrogen-bond acceptors (Lipinski definition) is 3. The standard InChI is InChI=1S/C13H15NO3S/c1-18-7-6-11(13(16)17)14-8-9-4-2-3-5-10(9)12(14)15/h2-5,11H,6-8H2,1H3,(H,16,17)/t11-/m1/s1. The molecule has 0 bridgehead atoms. The molecule has 1 heterocycles. The summed E-state index contributed by atoms with van der Waals surface area (Å²) in [5.74, 6) is -0.360. The Hall–Kier alpha value is -1.49. The second-order valence-corrected chi connectivity index (χ2v) is 5.21. The molecule has 0 saturated heterocycles. The van der Waals surface area contributed by atoms with Gasteiger partial charge >= 0.3 is 5.97 Å². The van der Waals surface area contributed by atoms with Gasteiger partial charge in [0.25, 0.3) is 5.91 Å². The van der Waals surface area contributed by atoms with Crippen molar-refractivity contribution in [1.29, 1.82) is 0 Å². The van der Waals surface area contributed by atoms with E-state index in [9.17, 15) is 14.7 Å². The third-order valence-corrected chi connectivity index (χ3v) is 3.75. The fraction of sp³-hybridized carbons (Fsp3) is 0.385. The van der Waals surface area contributed by atoms with Crippen LogP contribution in [-0.4, -0.2) is 39.9 Å². The van der Waals surface area contributed by atoms with Crippen molar-refractivity contribution in [2.75, 3.05) is 12.0 Å². The molecule has 0 aliphatic carbocycles. The van der Waals surface area contributed by atoms with Crippen LogP contribution < -0.4 is 0 Å². The molecule has 2 rings (SSSR count). The van der Waals surface area contributed by atoms with Gasteiger partial charge < -0.3 is 10.0 Å². The van der Waals surface area contributed by atoms with E-state index < -0.39 is 12.0 Å². The minimum Gasteiger partial charge on any atom is -0.480 e. The summed E-state index contributed by atoms with van der Waals surface area (Å²) < 4.78 is 0. The van der Waals surface area contributed by atoms with Crippen LogP contribution in [-0.2, 0) is 11.3 Å².